The summed E-state index contributed by atoms with van der Waals surface area (Å²) in [6, 6.07) is 0.272. The Morgan fingerprint density at radius 2 is 2.53 bits per heavy atom. The predicted octanol–water partition coefficient (Wildman–Crippen LogP) is 0.885. The predicted molar refractivity (Wildman–Crippen MR) is 60.2 cm³/mol. The van der Waals surface area contributed by atoms with Crippen molar-refractivity contribution in [2.75, 3.05) is 19.6 Å². The van der Waals surface area contributed by atoms with Gasteiger partial charge in [0.25, 0.3) is 5.91 Å². The Morgan fingerprint density at radius 1 is 1.73 bits per heavy atom. The molecule has 1 amide bonds. The number of rotatable bonds is 1. The minimum atomic E-state index is 0.120. The molecule has 5 heteroatoms. The van der Waals surface area contributed by atoms with E-state index in [4.69, 9.17) is 0 Å². The number of amides is 1. The van der Waals surface area contributed by atoms with Gasteiger partial charge in [-0.15, -0.1) is 11.3 Å². The monoisotopic (exact) mass is 225 g/mol. The van der Waals surface area contributed by atoms with Crippen molar-refractivity contribution < 1.29 is 4.79 Å². The maximum Gasteiger partial charge on any atom is 0.265 e. The van der Waals surface area contributed by atoms with Gasteiger partial charge in [-0.05, 0) is 13.8 Å². The number of aryl methyl sites for hydroxylation is 1. The van der Waals surface area contributed by atoms with Crippen molar-refractivity contribution in [1.29, 1.82) is 0 Å². The molecule has 0 aliphatic carbocycles. The molecule has 1 unspecified atom stereocenters. The number of hydrogen-bond acceptors (Lipinski definition) is 4. The molecule has 0 radical (unpaired) electrons. The molecule has 1 aromatic rings. The summed E-state index contributed by atoms with van der Waals surface area (Å²) in [4.78, 5) is 18.9. The third-order valence-corrected chi connectivity index (χ3v) is 3.49. The molecule has 0 bridgehead atoms. The van der Waals surface area contributed by atoms with Gasteiger partial charge in [0, 0.05) is 25.7 Å². The van der Waals surface area contributed by atoms with Gasteiger partial charge < -0.3 is 10.2 Å². The molecule has 15 heavy (non-hydrogen) atoms. The minimum Gasteiger partial charge on any atom is -0.333 e. The lowest BCUT2D eigenvalue weighted by Crippen LogP contribution is -2.52. The zero-order valence-electron chi connectivity index (χ0n) is 8.99. The Morgan fingerprint density at radius 3 is 3.13 bits per heavy atom. The van der Waals surface area contributed by atoms with Crippen LogP contribution in [-0.4, -0.2) is 41.5 Å². The van der Waals surface area contributed by atoms with Crippen LogP contribution in [0.5, 0.6) is 0 Å². The normalized spacial score (nSPS) is 21.7. The van der Waals surface area contributed by atoms with Crippen molar-refractivity contribution in [2.24, 2.45) is 0 Å². The van der Waals surface area contributed by atoms with Crippen molar-refractivity contribution in [3.05, 3.63) is 16.1 Å². The molecule has 0 saturated carbocycles. The standard InChI is InChI=1S/C10H15N3OS/c1-7-5-11-3-4-13(7)10(14)9-6-12-8(2)15-9/h6-7,11H,3-5H2,1-2H3. The number of aromatic nitrogens is 1. The Hall–Kier alpha value is -0.940. The first-order valence-electron chi connectivity index (χ1n) is 5.12. The zero-order chi connectivity index (χ0) is 10.8. The highest BCUT2D eigenvalue weighted by atomic mass is 32.1. The molecule has 0 spiro atoms. The lowest BCUT2D eigenvalue weighted by Gasteiger charge is -2.33. The van der Waals surface area contributed by atoms with Crippen LogP contribution in [0, 0.1) is 6.92 Å². The molecule has 1 fully saturated rings. The molecular formula is C10H15N3OS. The molecule has 1 aliphatic heterocycles. The van der Waals surface area contributed by atoms with Gasteiger partial charge in [-0.25, -0.2) is 4.98 Å². The molecule has 1 aromatic heterocycles. The summed E-state index contributed by atoms with van der Waals surface area (Å²) in [5.41, 5.74) is 0. The lowest BCUT2D eigenvalue weighted by atomic mass is 10.2. The maximum atomic E-state index is 12.1. The minimum absolute atomic E-state index is 0.120. The van der Waals surface area contributed by atoms with Gasteiger partial charge in [-0.3, -0.25) is 4.79 Å². The number of nitrogens with zero attached hydrogens (tertiary/aromatic N) is 2. The van der Waals surface area contributed by atoms with Gasteiger partial charge in [-0.2, -0.15) is 0 Å². The fourth-order valence-electron chi connectivity index (χ4n) is 1.74. The second-order valence-electron chi connectivity index (χ2n) is 3.80. The van der Waals surface area contributed by atoms with E-state index in [1.54, 1.807) is 6.20 Å². The third-order valence-electron chi connectivity index (χ3n) is 2.59. The highest BCUT2D eigenvalue weighted by Crippen LogP contribution is 2.16. The van der Waals surface area contributed by atoms with E-state index in [9.17, 15) is 4.79 Å². The molecule has 1 aliphatic rings. The van der Waals surface area contributed by atoms with Crippen molar-refractivity contribution in [3.63, 3.8) is 0 Å². The van der Waals surface area contributed by atoms with Gasteiger partial charge in [0.2, 0.25) is 0 Å². The van der Waals surface area contributed by atoms with Crippen LogP contribution in [0.15, 0.2) is 6.20 Å². The van der Waals surface area contributed by atoms with E-state index in [-0.39, 0.29) is 11.9 Å². The first-order chi connectivity index (χ1) is 7.18. The van der Waals surface area contributed by atoms with Crippen molar-refractivity contribution in [3.8, 4) is 0 Å². The van der Waals surface area contributed by atoms with Crippen molar-refractivity contribution >= 4 is 17.2 Å². The number of hydrogen-bond donors (Lipinski definition) is 1. The number of nitrogens with one attached hydrogen (secondary N) is 1. The van der Waals surface area contributed by atoms with Crippen LogP contribution in [-0.2, 0) is 0 Å². The summed E-state index contributed by atoms with van der Waals surface area (Å²) in [6.07, 6.45) is 1.68. The number of carbonyl (C=O) groups excluding carboxylic acids is 1. The van der Waals surface area contributed by atoms with Crippen molar-refractivity contribution in [2.45, 2.75) is 19.9 Å². The molecular weight excluding hydrogens is 210 g/mol. The summed E-state index contributed by atoms with van der Waals surface area (Å²) < 4.78 is 0. The van der Waals surface area contributed by atoms with Crippen LogP contribution in [0.25, 0.3) is 0 Å². The largest absolute Gasteiger partial charge is 0.333 e. The Bertz CT molecular complexity index is 363. The van der Waals surface area contributed by atoms with E-state index in [1.165, 1.54) is 11.3 Å². The molecule has 1 saturated heterocycles. The summed E-state index contributed by atoms with van der Waals surface area (Å²) in [5.74, 6) is 0.120. The summed E-state index contributed by atoms with van der Waals surface area (Å²) >= 11 is 1.47. The highest BCUT2D eigenvalue weighted by Gasteiger charge is 2.24. The molecule has 0 aromatic carbocycles. The molecule has 82 valence electrons. The molecule has 2 rings (SSSR count). The Labute approximate surface area is 93.3 Å². The molecule has 1 atom stereocenters. The van der Waals surface area contributed by atoms with Crippen LogP contribution >= 0.6 is 11.3 Å². The molecule has 1 N–H and O–H groups in total. The smallest absolute Gasteiger partial charge is 0.265 e. The molecule has 2 heterocycles. The van der Waals surface area contributed by atoms with Gasteiger partial charge in [-0.1, -0.05) is 0 Å². The fourth-order valence-corrected chi connectivity index (χ4v) is 2.48. The van der Waals surface area contributed by atoms with E-state index in [0.29, 0.717) is 0 Å². The second-order valence-corrected chi connectivity index (χ2v) is 5.03. The maximum absolute atomic E-state index is 12.1. The first kappa shape index (κ1) is 10.6. The van der Waals surface area contributed by atoms with Crippen molar-refractivity contribution in [1.82, 2.24) is 15.2 Å². The van der Waals surface area contributed by atoms with E-state index >= 15 is 0 Å². The topological polar surface area (TPSA) is 45.2 Å². The zero-order valence-corrected chi connectivity index (χ0v) is 9.80. The fraction of sp³-hybridized carbons (Fsp3) is 0.600. The van der Waals surface area contributed by atoms with E-state index in [1.807, 2.05) is 11.8 Å². The van der Waals surface area contributed by atoms with Gasteiger partial charge >= 0.3 is 0 Å². The van der Waals surface area contributed by atoms with Crippen LogP contribution in [0.2, 0.25) is 0 Å². The Balaban J connectivity index is 2.13. The van der Waals surface area contributed by atoms with E-state index in [0.717, 1.165) is 29.5 Å². The number of carbonyl (C=O) groups is 1. The first-order valence-corrected chi connectivity index (χ1v) is 5.94. The average Bonchev–Trinajstić information content (AvgIpc) is 2.65. The van der Waals surface area contributed by atoms with Crippen LogP contribution in [0.3, 0.4) is 0 Å². The van der Waals surface area contributed by atoms with Crippen LogP contribution in [0.1, 0.15) is 21.6 Å². The van der Waals surface area contributed by atoms with Gasteiger partial charge in [0.15, 0.2) is 0 Å². The van der Waals surface area contributed by atoms with Gasteiger partial charge in [0.05, 0.1) is 11.2 Å². The van der Waals surface area contributed by atoms with E-state index in [2.05, 4.69) is 17.2 Å². The third kappa shape index (κ3) is 2.18. The van der Waals surface area contributed by atoms with Crippen LogP contribution < -0.4 is 5.32 Å². The average molecular weight is 225 g/mol. The Kier molecular flexibility index (Phi) is 3.02. The second kappa shape index (κ2) is 4.28. The van der Waals surface area contributed by atoms with Crippen LogP contribution in [0.4, 0.5) is 0 Å². The number of piperazine rings is 1. The highest BCUT2D eigenvalue weighted by molar-refractivity contribution is 7.13. The number of thiazole rings is 1. The van der Waals surface area contributed by atoms with Gasteiger partial charge in [0.1, 0.15) is 4.88 Å². The lowest BCUT2D eigenvalue weighted by molar-refractivity contribution is 0.0660. The quantitative estimate of drug-likeness (QED) is 0.772. The SMILES string of the molecule is Cc1ncc(C(=O)N2CCNCC2C)s1. The summed E-state index contributed by atoms with van der Waals surface area (Å²) in [7, 11) is 0. The van der Waals surface area contributed by atoms with E-state index < -0.39 is 0 Å². The summed E-state index contributed by atoms with van der Waals surface area (Å²) in [5, 5.41) is 4.22. The summed E-state index contributed by atoms with van der Waals surface area (Å²) in [6.45, 7) is 6.54. The molecule has 4 nitrogen and oxygen atoms in total.